The number of hydrogen-bond donors (Lipinski definition) is 2. The van der Waals surface area contributed by atoms with Gasteiger partial charge in [0.15, 0.2) is 14.9 Å². The number of aryl methyl sites for hydroxylation is 1. The van der Waals surface area contributed by atoms with E-state index < -0.39 is 22.0 Å². The van der Waals surface area contributed by atoms with E-state index in [1.54, 1.807) is 4.90 Å². The molecule has 2 aromatic rings. The Kier molecular flexibility index (Phi) is 5.60. The monoisotopic (exact) mass is 390 g/mol. The SMILES string of the molecule is Cc1ccc(NC(=S)N(Cc2ccccc2)[C@H]2CS(=O)(=O)C[C@H]2O)cc1. The first-order chi connectivity index (χ1) is 12.3. The highest BCUT2D eigenvalue weighted by molar-refractivity contribution is 7.91. The molecule has 7 heteroatoms. The first-order valence-corrected chi connectivity index (χ1v) is 10.6. The molecule has 1 heterocycles. The van der Waals surface area contributed by atoms with Gasteiger partial charge in [0.2, 0.25) is 0 Å². The zero-order valence-corrected chi connectivity index (χ0v) is 16.1. The molecule has 1 aliphatic heterocycles. The molecule has 26 heavy (non-hydrogen) atoms. The molecule has 0 unspecified atom stereocenters. The van der Waals surface area contributed by atoms with Crippen molar-refractivity contribution >= 4 is 32.9 Å². The first kappa shape index (κ1) is 18.8. The molecule has 0 aromatic heterocycles. The number of thiocarbonyl (C=S) groups is 1. The standard InChI is InChI=1S/C19H22N2O3S2/c1-14-7-9-16(10-8-14)20-19(25)21(11-15-5-3-2-4-6-15)17-12-26(23,24)13-18(17)22/h2-10,17-18,22H,11-13H2,1H3,(H,20,25)/t17-,18+/m0/s1. The minimum Gasteiger partial charge on any atom is -0.390 e. The van der Waals surface area contributed by atoms with Gasteiger partial charge in [-0.1, -0.05) is 48.0 Å². The van der Waals surface area contributed by atoms with Crippen LogP contribution < -0.4 is 5.32 Å². The fourth-order valence-electron chi connectivity index (χ4n) is 3.06. The average Bonchev–Trinajstić information content (AvgIpc) is 2.88. The molecule has 2 N–H and O–H groups in total. The predicted octanol–water partition coefficient (Wildman–Crippen LogP) is 2.35. The summed E-state index contributed by atoms with van der Waals surface area (Å²) in [5.41, 5.74) is 2.96. The molecule has 138 valence electrons. The summed E-state index contributed by atoms with van der Waals surface area (Å²) in [6.45, 7) is 2.43. The molecular weight excluding hydrogens is 368 g/mol. The normalized spacial score (nSPS) is 21.3. The molecule has 2 aromatic carbocycles. The summed E-state index contributed by atoms with van der Waals surface area (Å²) in [4.78, 5) is 1.78. The van der Waals surface area contributed by atoms with Crippen LogP contribution in [0, 0.1) is 6.92 Å². The largest absolute Gasteiger partial charge is 0.390 e. The zero-order chi connectivity index (χ0) is 18.7. The van der Waals surface area contributed by atoms with Gasteiger partial charge in [0, 0.05) is 12.2 Å². The number of aliphatic hydroxyl groups excluding tert-OH is 1. The number of rotatable bonds is 4. The summed E-state index contributed by atoms with van der Waals surface area (Å²) in [6, 6.07) is 16.9. The van der Waals surface area contributed by atoms with Crippen LogP contribution in [0.25, 0.3) is 0 Å². The van der Waals surface area contributed by atoms with Crippen molar-refractivity contribution < 1.29 is 13.5 Å². The smallest absolute Gasteiger partial charge is 0.174 e. The molecule has 0 amide bonds. The van der Waals surface area contributed by atoms with Crippen LogP contribution in [-0.4, -0.2) is 47.2 Å². The summed E-state index contributed by atoms with van der Waals surface area (Å²) < 4.78 is 24.0. The van der Waals surface area contributed by atoms with E-state index in [-0.39, 0.29) is 11.5 Å². The Morgan fingerprint density at radius 2 is 1.81 bits per heavy atom. The minimum atomic E-state index is -3.27. The number of nitrogens with zero attached hydrogens (tertiary/aromatic N) is 1. The summed E-state index contributed by atoms with van der Waals surface area (Å²) >= 11 is 5.56. The molecule has 0 saturated carbocycles. The third kappa shape index (κ3) is 4.60. The topological polar surface area (TPSA) is 69.6 Å². The van der Waals surface area contributed by atoms with Gasteiger partial charge in [0.05, 0.1) is 23.7 Å². The highest BCUT2D eigenvalue weighted by atomic mass is 32.2. The van der Waals surface area contributed by atoms with Gasteiger partial charge in [-0.3, -0.25) is 0 Å². The minimum absolute atomic E-state index is 0.100. The maximum Gasteiger partial charge on any atom is 0.174 e. The Morgan fingerprint density at radius 3 is 2.38 bits per heavy atom. The highest BCUT2D eigenvalue weighted by Crippen LogP contribution is 2.22. The summed E-state index contributed by atoms with van der Waals surface area (Å²) in [6.07, 6.45) is -0.957. The second kappa shape index (κ2) is 7.73. The summed E-state index contributed by atoms with van der Waals surface area (Å²) in [7, 11) is -3.27. The Balaban J connectivity index is 1.84. The second-order valence-electron chi connectivity index (χ2n) is 6.62. The Morgan fingerprint density at radius 1 is 1.15 bits per heavy atom. The lowest BCUT2D eigenvalue weighted by Gasteiger charge is -2.33. The molecule has 2 atom stereocenters. The maximum absolute atomic E-state index is 12.0. The molecule has 0 aliphatic carbocycles. The number of hydrogen-bond acceptors (Lipinski definition) is 4. The number of anilines is 1. The molecule has 1 saturated heterocycles. The highest BCUT2D eigenvalue weighted by Gasteiger charge is 2.41. The molecule has 0 spiro atoms. The quantitative estimate of drug-likeness (QED) is 0.781. The molecule has 1 aliphatic rings. The van der Waals surface area contributed by atoms with Crippen molar-refractivity contribution in [1.82, 2.24) is 4.90 Å². The van der Waals surface area contributed by atoms with E-state index in [4.69, 9.17) is 12.2 Å². The number of nitrogens with one attached hydrogen (secondary N) is 1. The van der Waals surface area contributed by atoms with Gasteiger partial charge in [-0.25, -0.2) is 8.42 Å². The molecule has 3 rings (SSSR count). The van der Waals surface area contributed by atoms with Crippen LogP contribution in [0.5, 0.6) is 0 Å². The van der Waals surface area contributed by atoms with Gasteiger partial charge in [0.1, 0.15) is 0 Å². The van der Waals surface area contributed by atoms with Crippen molar-refractivity contribution in [2.75, 3.05) is 16.8 Å². The third-order valence-electron chi connectivity index (χ3n) is 4.45. The van der Waals surface area contributed by atoms with Crippen LogP contribution in [0.15, 0.2) is 54.6 Å². The lowest BCUT2D eigenvalue weighted by atomic mass is 10.1. The van der Waals surface area contributed by atoms with E-state index in [0.717, 1.165) is 16.8 Å². The van der Waals surface area contributed by atoms with Gasteiger partial charge < -0.3 is 15.3 Å². The Labute approximate surface area is 159 Å². The van der Waals surface area contributed by atoms with Crippen LogP contribution in [0.4, 0.5) is 5.69 Å². The van der Waals surface area contributed by atoms with Crippen molar-refractivity contribution in [2.24, 2.45) is 0 Å². The first-order valence-electron chi connectivity index (χ1n) is 8.41. The Hall–Kier alpha value is -1.96. The second-order valence-corrected chi connectivity index (χ2v) is 9.16. The van der Waals surface area contributed by atoms with E-state index >= 15 is 0 Å². The fourth-order valence-corrected chi connectivity index (χ4v) is 5.18. The van der Waals surface area contributed by atoms with E-state index in [9.17, 15) is 13.5 Å². The van der Waals surface area contributed by atoms with Gasteiger partial charge >= 0.3 is 0 Å². The van der Waals surface area contributed by atoms with Gasteiger partial charge in [-0.15, -0.1) is 0 Å². The molecule has 0 bridgehead atoms. The maximum atomic E-state index is 12.0. The van der Waals surface area contributed by atoms with Crippen molar-refractivity contribution in [1.29, 1.82) is 0 Å². The van der Waals surface area contributed by atoms with Gasteiger partial charge in [0.25, 0.3) is 0 Å². The Bertz CT molecular complexity index is 867. The van der Waals surface area contributed by atoms with Gasteiger partial charge in [-0.05, 0) is 36.8 Å². The van der Waals surface area contributed by atoms with Crippen LogP contribution in [0.3, 0.4) is 0 Å². The van der Waals surface area contributed by atoms with E-state index in [1.165, 1.54) is 0 Å². The fraction of sp³-hybridized carbons (Fsp3) is 0.316. The van der Waals surface area contributed by atoms with Crippen molar-refractivity contribution in [3.8, 4) is 0 Å². The summed E-state index contributed by atoms with van der Waals surface area (Å²) in [5, 5.41) is 13.9. The van der Waals surface area contributed by atoms with E-state index in [2.05, 4.69) is 5.32 Å². The zero-order valence-electron chi connectivity index (χ0n) is 14.5. The molecular formula is C19H22N2O3S2. The predicted molar refractivity (Wildman–Crippen MR) is 108 cm³/mol. The van der Waals surface area contributed by atoms with Crippen LogP contribution >= 0.6 is 12.2 Å². The number of sulfone groups is 1. The third-order valence-corrected chi connectivity index (χ3v) is 6.49. The molecule has 0 radical (unpaired) electrons. The molecule has 1 fully saturated rings. The van der Waals surface area contributed by atoms with Crippen LogP contribution in [0.2, 0.25) is 0 Å². The van der Waals surface area contributed by atoms with Crippen molar-refractivity contribution in [3.05, 3.63) is 65.7 Å². The lowest BCUT2D eigenvalue weighted by molar-refractivity contribution is 0.120. The average molecular weight is 391 g/mol. The van der Waals surface area contributed by atoms with Crippen molar-refractivity contribution in [2.45, 2.75) is 25.6 Å². The van der Waals surface area contributed by atoms with Crippen LogP contribution in [0.1, 0.15) is 11.1 Å². The van der Waals surface area contributed by atoms with E-state index in [1.807, 2.05) is 61.5 Å². The van der Waals surface area contributed by atoms with Crippen molar-refractivity contribution in [3.63, 3.8) is 0 Å². The molecule has 5 nitrogen and oxygen atoms in total. The van der Waals surface area contributed by atoms with E-state index in [0.29, 0.717) is 11.7 Å². The van der Waals surface area contributed by atoms with Gasteiger partial charge in [-0.2, -0.15) is 0 Å². The van der Waals surface area contributed by atoms with Crippen LogP contribution in [-0.2, 0) is 16.4 Å². The summed E-state index contributed by atoms with van der Waals surface area (Å²) in [5.74, 6) is -0.327. The number of benzene rings is 2. The number of aliphatic hydroxyl groups is 1. The lowest BCUT2D eigenvalue weighted by Crippen LogP contribution is -2.47.